The molecule has 0 radical (unpaired) electrons. The molecule has 1 nitrogen and oxygen atoms in total. The summed E-state index contributed by atoms with van der Waals surface area (Å²) in [5.41, 5.74) is 0. The highest BCUT2D eigenvalue weighted by molar-refractivity contribution is 7.96. The molecule has 0 fully saturated rings. The van der Waals surface area contributed by atoms with Crippen molar-refractivity contribution in [1.82, 2.24) is 0 Å². The van der Waals surface area contributed by atoms with Gasteiger partial charge >= 0.3 is 0 Å². The van der Waals surface area contributed by atoms with Crippen LogP contribution in [0.25, 0.3) is 0 Å². The predicted octanol–water partition coefficient (Wildman–Crippen LogP) is 4.46. The van der Waals surface area contributed by atoms with Crippen molar-refractivity contribution in [2.45, 2.75) is 51.9 Å². The molecule has 0 heterocycles. The molecule has 0 aliphatic rings. The van der Waals surface area contributed by atoms with E-state index in [2.05, 4.69) is 6.92 Å². The van der Waals surface area contributed by atoms with Gasteiger partial charge in [0.15, 0.2) is 0 Å². The molecule has 0 saturated heterocycles. The first-order valence-electron chi connectivity index (χ1n) is 4.87. The lowest BCUT2D eigenvalue weighted by Gasteiger charge is -1.96. The number of rotatable bonds is 8. The van der Waals surface area contributed by atoms with Gasteiger partial charge in [-0.05, 0) is 18.2 Å². The molecule has 0 bridgehead atoms. The van der Waals surface area contributed by atoms with Crippen molar-refractivity contribution in [1.29, 1.82) is 0 Å². The van der Waals surface area contributed by atoms with E-state index in [1.165, 1.54) is 38.5 Å². The van der Waals surface area contributed by atoms with Crippen LogP contribution in [0.2, 0.25) is 0 Å². The third kappa shape index (κ3) is 10.0. The molecular weight excluding hydrogens is 168 g/mol. The first-order valence-corrected chi connectivity index (χ1v) is 5.70. The smallest absolute Gasteiger partial charge is 0.0160 e. The monoisotopic (exact) mass is 188 g/mol. The summed E-state index contributed by atoms with van der Waals surface area (Å²) in [6.45, 7) is 2.24. The Morgan fingerprint density at radius 1 is 1.08 bits per heavy atom. The van der Waals surface area contributed by atoms with Gasteiger partial charge in [-0.15, -0.1) is 0 Å². The van der Waals surface area contributed by atoms with Crippen LogP contribution in [0, 0.1) is 0 Å². The minimum atomic E-state index is 0.793. The first-order chi connectivity index (χ1) is 5.91. The molecule has 0 aromatic rings. The normalized spacial score (nSPS) is 11.2. The van der Waals surface area contributed by atoms with Gasteiger partial charge in [0.05, 0.1) is 0 Å². The Bertz CT molecular complexity index is 102. The fourth-order valence-corrected chi connectivity index (χ4v) is 1.38. The van der Waals surface area contributed by atoms with Gasteiger partial charge in [-0.2, -0.15) is 0 Å². The minimum absolute atomic E-state index is 0.793. The Labute approximate surface area is 80.5 Å². The molecule has 0 aromatic heterocycles. The van der Waals surface area contributed by atoms with Gasteiger partial charge in [0.2, 0.25) is 0 Å². The van der Waals surface area contributed by atoms with Gasteiger partial charge < -0.3 is 4.55 Å². The van der Waals surface area contributed by atoms with E-state index in [1.54, 1.807) is 5.41 Å². The Morgan fingerprint density at radius 3 is 2.42 bits per heavy atom. The fourth-order valence-electron chi connectivity index (χ4n) is 1.15. The van der Waals surface area contributed by atoms with Crippen molar-refractivity contribution in [2.75, 3.05) is 0 Å². The van der Waals surface area contributed by atoms with Crippen molar-refractivity contribution in [2.24, 2.45) is 0 Å². The summed E-state index contributed by atoms with van der Waals surface area (Å²) in [6, 6.07) is 0. The molecule has 12 heavy (non-hydrogen) atoms. The van der Waals surface area contributed by atoms with E-state index >= 15 is 0 Å². The first kappa shape index (κ1) is 12.0. The molecule has 2 heteroatoms. The molecule has 0 amide bonds. The van der Waals surface area contributed by atoms with Crippen LogP contribution >= 0.6 is 12.0 Å². The maximum atomic E-state index is 8.37. The zero-order chi connectivity index (χ0) is 9.07. The molecule has 0 saturated carbocycles. The maximum Gasteiger partial charge on any atom is 0.0160 e. The van der Waals surface area contributed by atoms with Crippen LogP contribution in [0.15, 0.2) is 11.5 Å². The topological polar surface area (TPSA) is 20.2 Å². The summed E-state index contributed by atoms with van der Waals surface area (Å²) < 4.78 is 8.37. The molecule has 0 spiro atoms. The summed E-state index contributed by atoms with van der Waals surface area (Å²) in [6.07, 6.45) is 11.2. The van der Waals surface area contributed by atoms with Crippen LogP contribution in [-0.2, 0) is 0 Å². The number of hydrogen-bond donors (Lipinski definition) is 1. The Balaban J connectivity index is 2.86. The van der Waals surface area contributed by atoms with E-state index in [1.807, 2.05) is 6.08 Å². The van der Waals surface area contributed by atoms with Crippen LogP contribution in [0.1, 0.15) is 51.9 Å². The van der Waals surface area contributed by atoms with Crippen LogP contribution in [0.4, 0.5) is 0 Å². The SMILES string of the molecule is CCCCCCCC/C=C/SO. The molecule has 0 rings (SSSR count). The number of hydrogen-bond acceptors (Lipinski definition) is 2. The third-order valence-electron chi connectivity index (χ3n) is 1.88. The molecule has 0 unspecified atom stereocenters. The van der Waals surface area contributed by atoms with Crippen molar-refractivity contribution in [3.05, 3.63) is 11.5 Å². The highest BCUT2D eigenvalue weighted by Gasteiger charge is 1.87. The highest BCUT2D eigenvalue weighted by Crippen LogP contribution is 2.07. The van der Waals surface area contributed by atoms with Gasteiger partial charge in [-0.25, -0.2) is 0 Å². The Hall–Kier alpha value is 0.0500. The van der Waals surface area contributed by atoms with E-state index in [0.717, 1.165) is 18.5 Å². The van der Waals surface area contributed by atoms with Gasteiger partial charge in [0.25, 0.3) is 0 Å². The third-order valence-corrected chi connectivity index (χ3v) is 2.20. The van der Waals surface area contributed by atoms with Crippen LogP contribution in [0.5, 0.6) is 0 Å². The average Bonchev–Trinajstić information content (AvgIpc) is 2.10. The van der Waals surface area contributed by atoms with Crippen molar-refractivity contribution >= 4 is 12.0 Å². The van der Waals surface area contributed by atoms with Gasteiger partial charge in [0, 0.05) is 12.0 Å². The van der Waals surface area contributed by atoms with Gasteiger partial charge in [0.1, 0.15) is 0 Å². The van der Waals surface area contributed by atoms with Crippen molar-refractivity contribution in [3.8, 4) is 0 Å². The number of allylic oxidation sites excluding steroid dienone is 1. The second-order valence-electron chi connectivity index (χ2n) is 3.03. The lowest BCUT2D eigenvalue weighted by atomic mass is 10.1. The minimum Gasteiger partial charge on any atom is -0.326 e. The van der Waals surface area contributed by atoms with E-state index in [-0.39, 0.29) is 0 Å². The molecule has 0 aliphatic heterocycles. The zero-order valence-corrected chi connectivity index (χ0v) is 8.78. The fraction of sp³-hybridized carbons (Fsp3) is 0.800. The molecule has 0 aromatic carbocycles. The largest absolute Gasteiger partial charge is 0.326 e. The number of unbranched alkanes of at least 4 members (excludes halogenated alkanes) is 6. The zero-order valence-electron chi connectivity index (χ0n) is 7.96. The van der Waals surface area contributed by atoms with E-state index < -0.39 is 0 Å². The molecule has 72 valence electrons. The summed E-state index contributed by atoms with van der Waals surface area (Å²) >= 11 is 0.793. The molecule has 0 atom stereocenters. The highest BCUT2D eigenvalue weighted by atomic mass is 32.2. The van der Waals surface area contributed by atoms with E-state index in [0.29, 0.717) is 0 Å². The molecule has 0 aliphatic carbocycles. The predicted molar refractivity (Wildman–Crippen MR) is 57.4 cm³/mol. The maximum absolute atomic E-state index is 8.37. The van der Waals surface area contributed by atoms with Crippen LogP contribution < -0.4 is 0 Å². The van der Waals surface area contributed by atoms with Gasteiger partial charge in [-0.1, -0.05) is 45.1 Å². The summed E-state index contributed by atoms with van der Waals surface area (Å²) in [4.78, 5) is 0. The van der Waals surface area contributed by atoms with Crippen LogP contribution in [-0.4, -0.2) is 4.55 Å². The second-order valence-corrected chi connectivity index (χ2v) is 3.52. The van der Waals surface area contributed by atoms with E-state index in [4.69, 9.17) is 4.55 Å². The molecule has 1 N–H and O–H groups in total. The lowest BCUT2D eigenvalue weighted by molar-refractivity contribution is 0.611. The lowest BCUT2D eigenvalue weighted by Crippen LogP contribution is -1.77. The van der Waals surface area contributed by atoms with Crippen molar-refractivity contribution < 1.29 is 4.55 Å². The second kappa shape index (κ2) is 11.1. The standard InChI is InChI=1S/C10H20OS/c1-2-3-4-5-6-7-8-9-10-12-11/h9-11H,2-8H2,1H3/b10-9+. The average molecular weight is 188 g/mol. The van der Waals surface area contributed by atoms with E-state index in [9.17, 15) is 0 Å². The quantitative estimate of drug-likeness (QED) is 0.448. The van der Waals surface area contributed by atoms with Crippen molar-refractivity contribution in [3.63, 3.8) is 0 Å². The summed E-state index contributed by atoms with van der Waals surface area (Å²) in [5, 5.41) is 1.74. The Kier molecular flexibility index (Phi) is 11.1. The summed E-state index contributed by atoms with van der Waals surface area (Å²) in [5.74, 6) is 0. The van der Waals surface area contributed by atoms with Gasteiger partial charge in [-0.3, -0.25) is 0 Å². The van der Waals surface area contributed by atoms with Crippen LogP contribution in [0.3, 0.4) is 0 Å². The molecular formula is C10H20OS. The Morgan fingerprint density at radius 2 is 1.75 bits per heavy atom. The summed E-state index contributed by atoms with van der Waals surface area (Å²) in [7, 11) is 0.